The van der Waals surface area contributed by atoms with Crippen LogP contribution in [0, 0.1) is 5.92 Å². The molecule has 2 atom stereocenters. The number of imidazole rings is 1. The van der Waals surface area contributed by atoms with Gasteiger partial charge >= 0.3 is 12.5 Å². The summed E-state index contributed by atoms with van der Waals surface area (Å²) >= 11 is 6.00. The standard InChI is InChI=1S/C20H17ClF2N2O3/c1-11(18-24-15-4-2-3-5-16(15)25(18)20(22)23)28-19(26)13-8-12-9-14(21)6-7-17(12)27-10-13/h2-7,9,11,13,20H,8,10H2,1H3. The molecule has 2 heterocycles. The van der Waals surface area contributed by atoms with Crippen LogP contribution in [0.3, 0.4) is 0 Å². The molecule has 5 nitrogen and oxygen atoms in total. The molecular formula is C20H17ClF2N2O3. The molecule has 3 aromatic rings. The van der Waals surface area contributed by atoms with Gasteiger partial charge in [-0.15, -0.1) is 0 Å². The van der Waals surface area contributed by atoms with E-state index in [1.807, 2.05) is 0 Å². The first-order valence-electron chi connectivity index (χ1n) is 8.80. The van der Waals surface area contributed by atoms with E-state index in [0.29, 0.717) is 28.2 Å². The van der Waals surface area contributed by atoms with Crippen LogP contribution in [0.25, 0.3) is 11.0 Å². The summed E-state index contributed by atoms with van der Waals surface area (Å²) in [4.78, 5) is 16.8. The summed E-state index contributed by atoms with van der Waals surface area (Å²) < 4.78 is 39.1. The second-order valence-corrected chi connectivity index (χ2v) is 7.09. The topological polar surface area (TPSA) is 53.4 Å². The maximum atomic E-state index is 13.6. The van der Waals surface area contributed by atoms with Gasteiger partial charge in [0.05, 0.1) is 17.0 Å². The molecule has 28 heavy (non-hydrogen) atoms. The third kappa shape index (κ3) is 3.42. The fourth-order valence-electron chi connectivity index (χ4n) is 3.39. The summed E-state index contributed by atoms with van der Waals surface area (Å²) in [6.45, 7) is -1.10. The molecule has 0 radical (unpaired) electrons. The first-order chi connectivity index (χ1) is 13.4. The summed E-state index contributed by atoms with van der Waals surface area (Å²) in [6.07, 6.45) is -0.526. The zero-order valence-electron chi connectivity index (χ0n) is 14.9. The van der Waals surface area contributed by atoms with Gasteiger partial charge in [0.2, 0.25) is 0 Å². The van der Waals surface area contributed by atoms with E-state index in [1.165, 1.54) is 6.92 Å². The fourth-order valence-corrected chi connectivity index (χ4v) is 3.59. The van der Waals surface area contributed by atoms with Gasteiger partial charge in [-0.2, -0.15) is 8.78 Å². The van der Waals surface area contributed by atoms with Crippen molar-refractivity contribution in [1.82, 2.24) is 9.55 Å². The van der Waals surface area contributed by atoms with E-state index in [4.69, 9.17) is 21.1 Å². The number of esters is 1. The number of carbonyl (C=O) groups excluding carboxylic acids is 1. The molecule has 4 rings (SSSR count). The van der Waals surface area contributed by atoms with Gasteiger partial charge in [-0.1, -0.05) is 23.7 Å². The van der Waals surface area contributed by atoms with Crippen LogP contribution < -0.4 is 4.74 Å². The van der Waals surface area contributed by atoms with Gasteiger partial charge in [-0.05, 0) is 49.2 Å². The lowest BCUT2D eigenvalue weighted by molar-refractivity contribution is -0.155. The number of carbonyl (C=O) groups is 1. The molecule has 2 aromatic carbocycles. The highest BCUT2D eigenvalue weighted by Crippen LogP contribution is 2.32. The van der Waals surface area contributed by atoms with Crippen molar-refractivity contribution in [3.05, 3.63) is 58.9 Å². The number of hydrogen-bond donors (Lipinski definition) is 0. The fraction of sp³-hybridized carbons (Fsp3) is 0.300. The number of halogens is 3. The Labute approximate surface area is 164 Å². The minimum atomic E-state index is -2.80. The molecule has 1 aliphatic heterocycles. The number of aromatic nitrogens is 2. The van der Waals surface area contributed by atoms with Crippen molar-refractivity contribution in [2.24, 2.45) is 5.92 Å². The Morgan fingerprint density at radius 3 is 2.89 bits per heavy atom. The molecule has 0 aliphatic carbocycles. The van der Waals surface area contributed by atoms with Crippen LogP contribution in [-0.4, -0.2) is 22.1 Å². The number of rotatable bonds is 4. The molecular weight excluding hydrogens is 390 g/mol. The maximum Gasteiger partial charge on any atom is 0.320 e. The number of nitrogens with zero attached hydrogens (tertiary/aromatic N) is 2. The number of ether oxygens (including phenoxy) is 2. The lowest BCUT2D eigenvalue weighted by Crippen LogP contribution is -2.30. The number of para-hydroxylation sites is 2. The minimum Gasteiger partial charge on any atom is -0.492 e. The van der Waals surface area contributed by atoms with Crippen molar-refractivity contribution in [2.45, 2.75) is 26.0 Å². The Balaban J connectivity index is 1.54. The van der Waals surface area contributed by atoms with Crippen LogP contribution in [0.5, 0.6) is 5.75 Å². The zero-order chi connectivity index (χ0) is 19.8. The summed E-state index contributed by atoms with van der Waals surface area (Å²) in [5, 5.41) is 0.551. The largest absolute Gasteiger partial charge is 0.492 e. The van der Waals surface area contributed by atoms with E-state index in [-0.39, 0.29) is 12.4 Å². The number of fused-ring (bicyclic) bond motifs is 2. The summed E-state index contributed by atoms with van der Waals surface area (Å²) in [6, 6.07) is 11.8. The van der Waals surface area contributed by atoms with Crippen LogP contribution in [0.2, 0.25) is 5.02 Å². The highest BCUT2D eigenvalue weighted by atomic mass is 35.5. The third-order valence-electron chi connectivity index (χ3n) is 4.74. The van der Waals surface area contributed by atoms with Gasteiger partial charge in [0.25, 0.3) is 0 Å². The molecule has 146 valence electrons. The average molecular weight is 407 g/mol. The van der Waals surface area contributed by atoms with Crippen LogP contribution in [0.1, 0.15) is 31.0 Å². The molecule has 0 fully saturated rings. The van der Waals surface area contributed by atoms with E-state index in [9.17, 15) is 13.6 Å². The Bertz CT molecular complexity index is 1040. The molecule has 0 N–H and O–H groups in total. The predicted molar refractivity (Wildman–Crippen MR) is 99.6 cm³/mol. The van der Waals surface area contributed by atoms with Crippen molar-refractivity contribution in [3.63, 3.8) is 0 Å². The zero-order valence-corrected chi connectivity index (χ0v) is 15.7. The minimum absolute atomic E-state index is 0.00437. The maximum absolute atomic E-state index is 13.6. The number of hydrogen-bond acceptors (Lipinski definition) is 4. The van der Waals surface area contributed by atoms with E-state index < -0.39 is 24.5 Å². The second kappa shape index (κ2) is 7.39. The number of benzene rings is 2. The van der Waals surface area contributed by atoms with Crippen LogP contribution >= 0.6 is 11.6 Å². The molecule has 0 spiro atoms. The Morgan fingerprint density at radius 2 is 2.11 bits per heavy atom. The Kier molecular flexibility index (Phi) is 4.93. The third-order valence-corrected chi connectivity index (χ3v) is 4.97. The first-order valence-corrected chi connectivity index (χ1v) is 9.18. The van der Waals surface area contributed by atoms with Crippen molar-refractivity contribution < 1.29 is 23.0 Å². The van der Waals surface area contributed by atoms with Gasteiger partial charge in [0.1, 0.15) is 12.4 Å². The second-order valence-electron chi connectivity index (χ2n) is 6.65. The van der Waals surface area contributed by atoms with E-state index in [0.717, 1.165) is 10.1 Å². The van der Waals surface area contributed by atoms with Crippen molar-refractivity contribution in [1.29, 1.82) is 0 Å². The lowest BCUT2D eigenvalue weighted by atomic mass is 9.97. The SMILES string of the molecule is CC(OC(=O)C1COc2ccc(Cl)cc2C1)c1nc2ccccc2n1C(F)F. The van der Waals surface area contributed by atoms with Gasteiger partial charge in [0, 0.05) is 5.02 Å². The Morgan fingerprint density at radius 1 is 1.32 bits per heavy atom. The van der Waals surface area contributed by atoms with Crippen LogP contribution in [-0.2, 0) is 16.0 Å². The molecule has 0 saturated carbocycles. The van der Waals surface area contributed by atoms with E-state index in [2.05, 4.69) is 4.98 Å². The Hall–Kier alpha value is -2.67. The van der Waals surface area contributed by atoms with Gasteiger partial charge < -0.3 is 9.47 Å². The highest BCUT2D eigenvalue weighted by Gasteiger charge is 2.31. The lowest BCUT2D eigenvalue weighted by Gasteiger charge is -2.25. The molecule has 0 bridgehead atoms. The molecule has 1 aliphatic rings. The highest BCUT2D eigenvalue weighted by molar-refractivity contribution is 6.30. The van der Waals surface area contributed by atoms with Crippen molar-refractivity contribution in [3.8, 4) is 5.75 Å². The molecule has 2 unspecified atom stereocenters. The van der Waals surface area contributed by atoms with Gasteiger partial charge in [-0.3, -0.25) is 9.36 Å². The van der Waals surface area contributed by atoms with Gasteiger partial charge in [0.15, 0.2) is 11.9 Å². The smallest absolute Gasteiger partial charge is 0.320 e. The molecule has 1 aromatic heterocycles. The normalized spacial score (nSPS) is 17.2. The quantitative estimate of drug-likeness (QED) is 0.576. The monoisotopic (exact) mass is 406 g/mol. The predicted octanol–water partition coefficient (Wildman–Crippen LogP) is 4.94. The van der Waals surface area contributed by atoms with Crippen molar-refractivity contribution in [2.75, 3.05) is 6.61 Å². The molecule has 0 amide bonds. The summed E-state index contributed by atoms with van der Waals surface area (Å²) in [7, 11) is 0. The van der Waals surface area contributed by atoms with E-state index in [1.54, 1.807) is 42.5 Å². The molecule has 8 heteroatoms. The van der Waals surface area contributed by atoms with Crippen LogP contribution in [0.4, 0.5) is 8.78 Å². The average Bonchev–Trinajstić information content (AvgIpc) is 3.07. The summed E-state index contributed by atoms with van der Waals surface area (Å²) in [5.41, 5.74) is 1.53. The van der Waals surface area contributed by atoms with Crippen molar-refractivity contribution >= 4 is 28.6 Å². The first kappa shape index (κ1) is 18.7. The number of alkyl halides is 2. The van der Waals surface area contributed by atoms with Gasteiger partial charge in [-0.25, -0.2) is 4.98 Å². The molecule has 0 saturated heterocycles. The summed E-state index contributed by atoms with van der Waals surface area (Å²) in [5.74, 6) is -0.380. The van der Waals surface area contributed by atoms with Crippen LogP contribution in [0.15, 0.2) is 42.5 Å². The van der Waals surface area contributed by atoms with E-state index >= 15 is 0 Å².